The van der Waals surface area contributed by atoms with E-state index in [0.29, 0.717) is 17.0 Å². The number of hydrogen-bond acceptors (Lipinski definition) is 2. The zero-order valence-corrected chi connectivity index (χ0v) is 25.4. The predicted molar refractivity (Wildman–Crippen MR) is 190 cm³/mol. The van der Waals surface area contributed by atoms with Crippen LogP contribution in [0.1, 0.15) is 55.3 Å². The molecule has 0 saturated carbocycles. The number of Topliss-reactive ketones (excluding diaryl/α,β-unsaturated/α-hetero) is 2. The molecular formula is C44H32O2. The minimum atomic E-state index is -0.195. The van der Waals surface area contributed by atoms with E-state index < -0.39 is 0 Å². The second kappa shape index (κ2) is 11.7. The Morgan fingerprint density at radius 2 is 0.957 bits per heavy atom. The Balaban J connectivity index is 1.08. The lowest BCUT2D eigenvalue weighted by Gasteiger charge is -2.19. The molecule has 1 aliphatic carbocycles. The molecule has 0 saturated heterocycles. The Kier molecular flexibility index (Phi) is 7.11. The summed E-state index contributed by atoms with van der Waals surface area (Å²) in [5.41, 5.74) is 6.01. The molecule has 0 radical (unpaired) electrons. The average molecular weight is 593 g/mol. The van der Waals surface area contributed by atoms with Crippen LogP contribution in [0.2, 0.25) is 0 Å². The monoisotopic (exact) mass is 592 g/mol. The van der Waals surface area contributed by atoms with Crippen molar-refractivity contribution >= 4 is 50.0 Å². The summed E-state index contributed by atoms with van der Waals surface area (Å²) in [5.74, 6) is -0.0837. The Labute approximate surface area is 268 Å². The zero-order valence-electron chi connectivity index (χ0n) is 25.4. The summed E-state index contributed by atoms with van der Waals surface area (Å²) in [7, 11) is 0. The molecule has 8 rings (SSSR count). The SMILES string of the molecule is O=C1C(=Cc2ccc(C(CCc3ccc4ccccc4c3)Cc3ccc4ccccc4c3)cc2)C(=O)c2cc3ccccc3cc21. The van der Waals surface area contributed by atoms with Crippen LogP contribution in [-0.2, 0) is 12.8 Å². The number of carbonyl (C=O) groups is 2. The number of carbonyl (C=O) groups excluding carboxylic acids is 2. The van der Waals surface area contributed by atoms with Gasteiger partial charge in [0.05, 0.1) is 5.57 Å². The molecule has 0 fully saturated rings. The number of hydrogen-bond donors (Lipinski definition) is 0. The Morgan fingerprint density at radius 1 is 0.478 bits per heavy atom. The van der Waals surface area contributed by atoms with Crippen molar-refractivity contribution in [2.45, 2.75) is 25.2 Å². The third-order valence-corrected chi connectivity index (χ3v) is 9.47. The molecule has 0 N–H and O–H groups in total. The molecule has 46 heavy (non-hydrogen) atoms. The first-order valence-electron chi connectivity index (χ1n) is 16.0. The van der Waals surface area contributed by atoms with Crippen molar-refractivity contribution in [1.82, 2.24) is 0 Å². The highest BCUT2D eigenvalue weighted by Crippen LogP contribution is 2.33. The van der Waals surface area contributed by atoms with Crippen molar-refractivity contribution in [3.8, 4) is 0 Å². The molecule has 1 aliphatic rings. The van der Waals surface area contributed by atoms with Gasteiger partial charge >= 0.3 is 0 Å². The summed E-state index contributed by atoms with van der Waals surface area (Å²) >= 11 is 0. The third-order valence-electron chi connectivity index (χ3n) is 9.47. The highest BCUT2D eigenvalue weighted by Gasteiger charge is 2.33. The van der Waals surface area contributed by atoms with Crippen molar-refractivity contribution < 1.29 is 9.59 Å². The molecule has 1 atom stereocenters. The van der Waals surface area contributed by atoms with Crippen LogP contribution in [0.5, 0.6) is 0 Å². The van der Waals surface area contributed by atoms with Gasteiger partial charge in [0, 0.05) is 11.1 Å². The largest absolute Gasteiger partial charge is 0.288 e. The summed E-state index contributed by atoms with van der Waals surface area (Å²) < 4.78 is 0. The van der Waals surface area contributed by atoms with Gasteiger partial charge in [-0.3, -0.25) is 9.59 Å². The first kappa shape index (κ1) is 27.9. The molecule has 0 aliphatic heterocycles. The molecule has 0 bridgehead atoms. The molecule has 2 nitrogen and oxygen atoms in total. The van der Waals surface area contributed by atoms with E-state index in [0.717, 1.165) is 35.6 Å². The zero-order chi connectivity index (χ0) is 31.0. The molecule has 7 aromatic carbocycles. The van der Waals surface area contributed by atoms with Crippen LogP contribution in [0.3, 0.4) is 0 Å². The van der Waals surface area contributed by atoms with Crippen LogP contribution in [0, 0.1) is 0 Å². The maximum atomic E-state index is 13.3. The van der Waals surface area contributed by atoms with Gasteiger partial charge in [-0.1, -0.05) is 133 Å². The van der Waals surface area contributed by atoms with E-state index in [1.54, 1.807) is 6.08 Å². The minimum absolute atomic E-state index is 0.195. The number of allylic oxidation sites excluding steroid dienone is 1. The lowest BCUT2D eigenvalue weighted by molar-refractivity contribution is 0.0990. The van der Waals surface area contributed by atoms with Crippen LogP contribution in [0.15, 0.2) is 151 Å². The summed E-state index contributed by atoms with van der Waals surface area (Å²) in [5, 5.41) is 6.98. The van der Waals surface area contributed by atoms with Crippen LogP contribution in [0.25, 0.3) is 38.4 Å². The molecule has 0 heterocycles. The first-order chi connectivity index (χ1) is 22.6. The number of fused-ring (bicyclic) bond motifs is 4. The Morgan fingerprint density at radius 3 is 1.52 bits per heavy atom. The van der Waals surface area contributed by atoms with Crippen LogP contribution in [-0.4, -0.2) is 11.6 Å². The number of ketones is 2. The van der Waals surface area contributed by atoms with Gasteiger partial charge < -0.3 is 0 Å². The normalized spacial score (nSPS) is 13.4. The van der Waals surface area contributed by atoms with E-state index in [1.165, 1.54) is 38.2 Å². The number of rotatable bonds is 7. The summed E-state index contributed by atoms with van der Waals surface area (Å²) in [4.78, 5) is 26.7. The molecule has 1 unspecified atom stereocenters. The molecule has 0 aromatic heterocycles. The van der Waals surface area contributed by atoms with E-state index in [1.807, 2.05) is 48.5 Å². The fourth-order valence-electron chi connectivity index (χ4n) is 6.94. The quantitative estimate of drug-likeness (QED) is 0.136. The van der Waals surface area contributed by atoms with Crippen molar-refractivity contribution in [3.05, 3.63) is 185 Å². The fourth-order valence-corrected chi connectivity index (χ4v) is 6.94. The van der Waals surface area contributed by atoms with E-state index in [9.17, 15) is 9.59 Å². The van der Waals surface area contributed by atoms with Crippen molar-refractivity contribution in [3.63, 3.8) is 0 Å². The van der Waals surface area contributed by atoms with Crippen molar-refractivity contribution in [2.75, 3.05) is 0 Å². The first-order valence-corrected chi connectivity index (χ1v) is 16.0. The Hall–Kier alpha value is -5.60. The highest BCUT2D eigenvalue weighted by molar-refractivity contribution is 6.42. The maximum absolute atomic E-state index is 13.3. The van der Waals surface area contributed by atoms with Gasteiger partial charge in [0.15, 0.2) is 11.6 Å². The van der Waals surface area contributed by atoms with Crippen LogP contribution in [0.4, 0.5) is 0 Å². The van der Waals surface area contributed by atoms with Gasteiger partial charge in [0.25, 0.3) is 0 Å². The second-order valence-electron chi connectivity index (χ2n) is 12.4. The fraction of sp³-hybridized carbons (Fsp3) is 0.0909. The van der Waals surface area contributed by atoms with E-state index in [-0.39, 0.29) is 17.1 Å². The molecule has 2 heteroatoms. The van der Waals surface area contributed by atoms with Gasteiger partial charge in [-0.05, 0) is 98.0 Å². The smallest absolute Gasteiger partial charge is 0.197 e. The minimum Gasteiger partial charge on any atom is -0.288 e. The lowest BCUT2D eigenvalue weighted by Crippen LogP contribution is -2.06. The van der Waals surface area contributed by atoms with Gasteiger partial charge in [0.1, 0.15) is 0 Å². The van der Waals surface area contributed by atoms with E-state index in [4.69, 9.17) is 0 Å². The van der Waals surface area contributed by atoms with Gasteiger partial charge in [-0.15, -0.1) is 0 Å². The molecule has 220 valence electrons. The van der Waals surface area contributed by atoms with Gasteiger partial charge in [-0.25, -0.2) is 0 Å². The van der Waals surface area contributed by atoms with Crippen molar-refractivity contribution in [1.29, 1.82) is 0 Å². The topological polar surface area (TPSA) is 34.1 Å². The lowest BCUT2D eigenvalue weighted by atomic mass is 9.86. The second-order valence-corrected chi connectivity index (χ2v) is 12.4. The summed E-state index contributed by atoms with van der Waals surface area (Å²) in [6.07, 6.45) is 4.67. The van der Waals surface area contributed by atoms with Gasteiger partial charge in [-0.2, -0.15) is 0 Å². The third kappa shape index (κ3) is 5.33. The number of aryl methyl sites for hydroxylation is 1. The molecule has 7 aromatic rings. The predicted octanol–water partition coefficient (Wildman–Crippen LogP) is 10.6. The maximum Gasteiger partial charge on any atom is 0.197 e. The highest BCUT2D eigenvalue weighted by atomic mass is 16.2. The Bertz CT molecular complexity index is 2270. The molecule has 0 amide bonds. The molecule has 0 spiro atoms. The molecular weight excluding hydrogens is 560 g/mol. The standard InChI is InChI=1S/C44H32O2/c45-43-40-27-37-11-5-6-12-38(37)28-41(40)44(46)42(43)26-30-14-19-34(20-15-30)39(25-31-17-21-33-8-2-4-10-36(33)24-31)22-16-29-13-18-32-7-1-3-9-35(32)23-29/h1-15,17-21,23-24,26-28,39H,16,22,25H2. The number of benzene rings is 7. The van der Waals surface area contributed by atoms with Crippen LogP contribution < -0.4 is 0 Å². The van der Waals surface area contributed by atoms with Crippen LogP contribution >= 0.6 is 0 Å². The van der Waals surface area contributed by atoms with Gasteiger partial charge in [0.2, 0.25) is 0 Å². The average Bonchev–Trinajstić information content (AvgIpc) is 3.33. The summed E-state index contributed by atoms with van der Waals surface area (Å²) in [6, 6.07) is 50.6. The van der Waals surface area contributed by atoms with Crippen molar-refractivity contribution in [2.24, 2.45) is 0 Å². The summed E-state index contributed by atoms with van der Waals surface area (Å²) in [6.45, 7) is 0. The van der Waals surface area contributed by atoms with E-state index >= 15 is 0 Å². The van der Waals surface area contributed by atoms with E-state index in [2.05, 4.69) is 97.1 Å².